The van der Waals surface area contributed by atoms with Crippen molar-refractivity contribution in [2.45, 2.75) is 95.1 Å². The Morgan fingerprint density at radius 3 is 1.89 bits per heavy atom. The van der Waals surface area contributed by atoms with Gasteiger partial charge in [0, 0.05) is 0 Å². The van der Waals surface area contributed by atoms with Gasteiger partial charge in [-0.05, 0) is 0 Å². The Balaban J connectivity index is 1.37. The van der Waals surface area contributed by atoms with Crippen molar-refractivity contribution in [3.63, 3.8) is 0 Å². The number of ether oxygens (including phenoxy) is 2. The number of rotatable bonds is 15. The molecule has 0 saturated carbocycles. The monoisotopic (exact) mass is 700 g/mol. The molecule has 5 rings (SSSR count). The van der Waals surface area contributed by atoms with Crippen LogP contribution in [0.25, 0.3) is 0 Å². The van der Waals surface area contributed by atoms with Gasteiger partial charge in [0.05, 0.1) is 0 Å². The van der Waals surface area contributed by atoms with Crippen molar-refractivity contribution in [1.29, 1.82) is 0 Å². The molecule has 0 aromatic heterocycles. The molecule has 0 bridgehead atoms. The van der Waals surface area contributed by atoms with Crippen LogP contribution >= 0.6 is 0 Å². The third-order valence-corrected chi connectivity index (χ3v) is 17.0. The molecule has 5 heteroatoms. The Morgan fingerprint density at radius 2 is 1.35 bits per heavy atom. The summed E-state index contributed by atoms with van der Waals surface area (Å²) in [6, 6.07) is 43.6. The van der Waals surface area contributed by atoms with Crippen LogP contribution < -0.4 is 14.8 Å². The second-order valence-corrected chi connectivity index (χ2v) is 20.8. The molecule has 1 aliphatic rings. The molecule has 46 heavy (non-hydrogen) atoms. The van der Waals surface area contributed by atoms with Crippen LogP contribution in [0.3, 0.4) is 0 Å². The van der Waals surface area contributed by atoms with Crippen molar-refractivity contribution in [3.05, 3.63) is 127 Å². The Kier molecular flexibility index (Phi) is 12.5. The first-order valence-corrected chi connectivity index (χ1v) is 20.8. The van der Waals surface area contributed by atoms with Crippen LogP contribution in [0.1, 0.15) is 65.9 Å². The molecular weight excluding hydrogens is 647 g/mol. The van der Waals surface area contributed by atoms with Crippen LogP contribution in [0.5, 0.6) is 0 Å². The molecule has 0 amide bonds. The van der Waals surface area contributed by atoms with Gasteiger partial charge in [0.25, 0.3) is 0 Å². The van der Waals surface area contributed by atoms with E-state index < -0.39 is 8.32 Å². The molecular formula is C41H52O3SeSi. The Bertz CT molecular complexity index is 1390. The minimum absolute atomic E-state index is 0.0513. The number of hydrogen-bond acceptors (Lipinski definition) is 3. The SMILES string of the molecule is CCC[C@@H](C[C@@H]1C[C@H]([Se]c2ccccc2)[C@H]([C@H](C)COCc2ccccc2)O1)O[Si](c1ccccc1)(c1ccccc1)C(C)(C)C. The van der Waals surface area contributed by atoms with Crippen LogP contribution in [0.15, 0.2) is 121 Å². The zero-order valence-electron chi connectivity index (χ0n) is 28.3. The van der Waals surface area contributed by atoms with Gasteiger partial charge >= 0.3 is 287 Å². The Hall–Kier alpha value is -2.50. The third-order valence-electron chi connectivity index (χ3n) is 9.19. The normalized spacial score (nSPS) is 20.0. The van der Waals surface area contributed by atoms with E-state index in [1.807, 2.05) is 0 Å². The molecule has 0 radical (unpaired) electrons. The van der Waals surface area contributed by atoms with Crippen LogP contribution in [0.2, 0.25) is 9.85 Å². The van der Waals surface area contributed by atoms with E-state index >= 15 is 0 Å². The van der Waals surface area contributed by atoms with Gasteiger partial charge in [0.2, 0.25) is 0 Å². The molecule has 0 spiro atoms. The Morgan fingerprint density at radius 1 is 0.804 bits per heavy atom. The predicted molar refractivity (Wildman–Crippen MR) is 196 cm³/mol. The molecule has 1 saturated heterocycles. The van der Waals surface area contributed by atoms with Gasteiger partial charge in [-0.1, -0.05) is 0 Å². The summed E-state index contributed by atoms with van der Waals surface area (Å²) in [6.07, 6.45) is 4.58. The van der Waals surface area contributed by atoms with E-state index in [4.69, 9.17) is 13.9 Å². The van der Waals surface area contributed by atoms with Gasteiger partial charge in [-0.15, -0.1) is 0 Å². The van der Waals surface area contributed by atoms with Gasteiger partial charge in [-0.25, -0.2) is 0 Å². The molecule has 244 valence electrons. The standard InChI is InChI=1S/C41H52O3SeSi/c1-6-19-34(44-46(41(3,4)5,37-24-15-9-16-25-37)38-26-17-10-18-27-38)28-35-29-39(45-36-22-13-8-14-23-36)40(43-35)32(2)30-42-31-33-20-11-7-12-21-33/h7-18,20-27,32,34-35,39-40H,6,19,28-31H2,1-5H3/t32-,34+,35-,39+,40+/m1/s1. The minimum atomic E-state index is -2.66. The van der Waals surface area contributed by atoms with E-state index in [-0.39, 0.29) is 23.4 Å². The molecule has 1 heterocycles. The maximum atomic E-state index is 7.68. The molecule has 0 N–H and O–H groups in total. The van der Waals surface area contributed by atoms with Crippen LogP contribution in [-0.4, -0.2) is 48.2 Å². The van der Waals surface area contributed by atoms with Crippen LogP contribution in [-0.2, 0) is 20.5 Å². The van der Waals surface area contributed by atoms with Gasteiger partial charge in [-0.3, -0.25) is 0 Å². The molecule has 0 unspecified atom stereocenters. The van der Waals surface area contributed by atoms with Gasteiger partial charge in [0.15, 0.2) is 0 Å². The van der Waals surface area contributed by atoms with E-state index in [9.17, 15) is 0 Å². The molecule has 1 fully saturated rings. The fourth-order valence-electron chi connectivity index (χ4n) is 7.01. The first-order valence-electron chi connectivity index (χ1n) is 17.1. The van der Waals surface area contributed by atoms with Crippen molar-refractivity contribution < 1.29 is 13.9 Å². The van der Waals surface area contributed by atoms with Crippen LogP contribution in [0.4, 0.5) is 0 Å². The summed E-state index contributed by atoms with van der Waals surface area (Å²) in [7, 11) is -2.66. The van der Waals surface area contributed by atoms with Crippen molar-refractivity contribution in [1.82, 2.24) is 0 Å². The summed E-state index contributed by atoms with van der Waals surface area (Å²) in [4.78, 5) is 0.505. The molecule has 5 atom stereocenters. The third kappa shape index (κ3) is 8.69. The number of benzene rings is 4. The summed E-state index contributed by atoms with van der Waals surface area (Å²) < 4.78 is 22.5. The predicted octanol–water partition coefficient (Wildman–Crippen LogP) is 7.95. The van der Waals surface area contributed by atoms with Crippen LogP contribution in [0, 0.1) is 5.92 Å². The fourth-order valence-corrected chi connectivity index (χ4v) is 14.8. The quantitative estimate of drug-likeness (QED) is 0.118. The van der Waals surface area contributed by atoms with E-state index in [1.165, 1.54) is 20.4 Å². The summed E-state index contributed by atoms with van der Waals surface area (Å²) in [6.45, 7) is 13.1. The Labute approximate surface area is 285 Å². The van der Waals surface area contributed by atoms with Crippen molar-refractivity contribution in [2.24, 2.45) is 5.92 Å². The first kappa shape index (κ1) is 34.8. The average molecular weight is 700 g/mol. The molecule has 4 aromatic rings. The zero-order chi connectivity index (χ0) is 32.4. The van der Waals surface area contributed by atoms with E-state index in [0.29, 0.717) is 38.9 Å². The second-order valence-electron chi connectivity index (χ2n) is 13.8. The van der Waals surface area contributed by atoms with Gasteiger partial charge < -0.3 is 0 Å². The topological polar surface area (TPSA) is 27.7 Å². The van der Waals surface area contributed by atoms with Crippen molar-refractivity contribution in [2.75, 3.05) is 6.61 Å². The summed E-state index contributed by atoms with van der Waals surface area (Å²) in [5.74, 6) is 0.312. The summed E-state index contributed by atoms with van der Waals surface area (Å²) in [5, 5.41) is 2.63. The van der Waals surface area contributed by atoms with Crippen molar-refractivity contribution >= 4 is 38.1 Å². The van der Waals surface area contributed by atoms with E-state index in [1.54, 1.807) is 0 Å². The van der Waals surface area contributed by atoms with Crippen molar-refractivity contribution in [3.8, 4) is 0 Å². The van der Waals surface area contributed by atoms with E-state index in [0.717, 1.165) is 25.7 Å². The van der Waals surface area contributed by atoms with E-state index in [2.05, 4.69) is 156 Å². The second kappa shape index (κ2) is 16.5. The molecule has 4 aromatic carbocycles. The zero-order valence-corrected chi connectivity index (χ0v) is 31.0. The maximum absolute atomic E-state index is 7.68. The average Bonchev–Trinajstić information content (AvgIpc) is 3.46. The number of hydrogen-bond donors (Lipinski definition) is 0. The van der Waals surface area contributed by atoms with Gasteiger partial charge in [-0.2, -0.15) is 0 Å². The fraction of sp³-hybridized carbons (Fsp3) is 0.415. The first-order chi connectivity index (χ1) is 22.3. The molecule has 0 aliphatic carbocycles. The summed E-state index contributed by atoms with van der Waals surface area (Å²) in [5.41, 5.74) is 1.22. The summed E-state index contributed by atoms with van der Waals surface area (Å²) >= 11 is 0.327. The van der Waals surface area contributed by atoms with Gasteiger partial charge in [0.1, 0.15) is 0 Å². The molecule has 3 nitrogen and oxygen atoms in total. The molecule has 1 aliphatic heterocycles.